The maximum atomic E-state index is 12.1. The van der Waals surface area contributed by atoms with Crippen molar-refractivity contribution < 1.29 is 18.3 Å². The van der Waals surface area contributed by atoms with Crippen LogP contribution < -0.4 is 0 Å². The zero-order chi connectivity index (χ0) is 12.0. The number of aliphatic hydroxyl groups excluding tert-OH is 1. The second kappa shape index (κ2) is 6.48. The van der Waals surface area contributed by atoms with E-state index >= 15 is 0 Å². The second-order valence-electron chi connectivity index (χ2n) is 4.92. The summed E-state index contributed by atoms with van der Waals surface area (Å²) in [5.74, 6) is 0.790. The predicted molar refractivity (Wildman–Crippen MR) is 57.1 cm³/mol. The minimum absolute atomic E-state index is 0.198. The molecule has 96 valence electrons. The molecule has 0 saturated heterocycles. The van der Waals surface area contributed by atoms with E-state index in [2.05, 4.69) is 0 Å². The maximum Gasteiger partial charge on any atom is 0.389 e. The number of hydrogen-bond acceptors (Lipinski definition) is 1. The number of alkyl halides is 3. The molecule has 1 N–H and O–H groups in total. The molecule has 0 spiro atoms. The fraction of sp³-hybridized carbons (Fsp3) is 1.00. The highest BCUT2D eigenvalue weighted by molar-refractivity contribution is 4.74. The summed E-state index contributed by atoms with van der Waals surface area (Å²) in [4.78, 5) is 0. The molecule has 1 aliphatic rings. The van der Waals surface area contributed by atoms with Crippen LogP contribution in [-0.2, 0) is 0 Å². The highest BCUT2D eigenvalue weighted by atomic mass is 19.4. The molecule has 1 fully saturated rings. The van der Waals surface area contributed by atoms with Gasteiger partial charge in [0, 0.05) is 13.0 Å². The summed E-state index contributed by atoms with van der Waals surface area (Å²) < 4.78 is 36.2. The smallest absolute Gasteiger partial charge is 0.389 e. The van der Waals surface area contributed by atoms with Crippen LogP contribution in [0.4, 0.5) is 13.2 Å². The SMILES string of the molecule is OCCCC1CCCC(CCC(F)(F)F)C1. The molecule has 16 heavy (non-hydrogen) atoms. The van der Waals surface area contributed by atoms with E-state index in [1.807, 2.05) is 0 Å². The predicted octanol–water partition coefficient (Wildman–Crippen LogP) is 3.91. The van der Waals surface area contributed by atoms with Gasteiger partial charge in [-0.15, -0.1) is 0 Å². The van der Waals surface area contributed by atoms with E-state index in [-0.39, 0.29) is 12.5 Å². The molecule has 2 unspecified atom stereocenters. The highest BCUT2D eigenvalue weighted by Gasteiger charge is 2.30. The first-order chi connectivity index (χ1) is 7.51. The van der Waals surface area contributed by atoms with Crippen molar-refractivity contribution in [1.29, 1.82) is 0 Å². The minimum Gasteiger partial charge on any atom is -0.396 e. The van der Waals surface area contributed by atoms with Gasteiger partial charge in [0.2, 0.25) is 0 Å². The van der Waals surface area contributed by atoms with Crippen molar-refractivity contribution in [2.24, 2.45) is 11.8 Å². The van der Waals surface area contributed by atoms with Crippen LogP contribution in [0.5, 0.6) is 0 Å². The van der Waals surface area contributed by atoms with Crippen LogP contribution in [0.15, 0.2) is 0 Å². The number of hydrogen-bond donors (Lipinski definition) is 1. The first-order valence-electron chi connectivity index (χ1n) is 6.19. The number of rotatable bonds is 5. The quantitative estimate of drug-likeness (QED) is 0.770. The molecule has 0 aromatic rings. The molecule has 4 heteroatoms. The van der Waals surface area contributed by atoms with E-state index in [0.717, 1.165) is 38.5 Å². The van der Waals surface area contributed by atoms with E-state index in [0.29, 0.717) is 12.3 Å². The van der Waals surface area contributed by atoms with Gasteiger partial charge in [0.05, 0.1) is 0 Å². The third kappa shape index (κ3) is 5.73. The van der Waals surface area contributed by atoms with Gasteiger partial charge in [-0.3, -0.25) is 0 Å². The summed E-state index contributed by atoms with van der Waals surface area (Å²) in [7, 11) is 0. The van der Waals surface area contributed by atoms with E-state index in [4.69, 9.17) is 5.11 Å². The summed E-state index contributed by atoms with van der Waals surface area (Å²) in [6, 6.07) is 0. The first kappa shape index (κ1) is 13.8. The van der Waals surface area contributed by atoms with Crippen LogP contribution in [0.1, 0.15) is 51.4 Å². The van der Waals surface area contributed by atoms with Gasteiger partial charge in [-0.05, 0) is 37.5 Å². The van der Waals surface area contributed by atoms with Crippen LogP contribution in [-0.4, -0.2) is 17.9 Å². The Morgan fingerprint density at radius 3 is 2.25 bits per heavy atom. The topological polar surface area (TPSA) is 20.2 Å². The molecule has 0 radical (unpaired) electrons. The molecular weight excluding hydrogens is 217 g/mol. The zero-order valence-corrected chi connectivity index (χ0v) is 9.60. The van der Waals surface area contributed by atoms with Gasteiger partial charge in [-0.1, -0.05) is 19.3 Å². The zero-order valence-electron chi connectivity index (χ0n) is 9.60. The molecular formula is C12H21F3O. The third-order valence-corrected chi connectivity index (χ3v) is 3.50. The minimum atomic E-state index is -4.00. The fourth-order valence-corrected chi connectivity index (χ4v) is 2.67. The number of aliphatic hydroxyl groups is 1. The van der Waals surface area contributed by atoms with Crippen molar-refractivity contribution in [3.05, 3.63) is 0 Å². The molecule has 0 amide bonds. The van der Waals surface area contributed by atoms with E-state index < -0.39 is 12.6 Å². The lowest BCUT2D eigenvalue weighted by Gasteiger charge is -2.29. The standard InChI is InChI=1S/C12H21F3O/c13-12(14,15)7-6-11-4-1-3-10(9-11)5-2-8-16/h10-11,16H,1-9H2. The second-order valence-corrected chi connectivity index (χ2v) is 4.92. The molecule has 1 nitrogen and oxygen atoms in total. The lowest BCUT2D eigenvalue weighted by atomic mass is 9.77. The van der Waals surface area contributed by atoms with Crippen molar-refractivity contribution in [2.45, 2.75) is 57.5 Å². The molecule has 1 saturated carbocycles. The Morgan fingerprint density at radius 2 is 1.69 bits per heavy atom. The summed E-state index contributed by atoms with van der Waals surface area (Å²) in [6.45, 7) is 0.198. The lowest BCUT2D eigenvalue weighted by molar-refractivity contribution is -0.138. The van der Waals surface area contributed by atoms with E-state index in [9.17, 15) is 13.2 Å². The molecule has 2 atom stereocenters. The molecule has 0 aliphatic heterocycles. The van der Waals surface area contributed by atoms with Gasteiger partial charge in [0.25, 0.3) is 0 Å². The van der Waals surface area contributed by atoms with E-state index in [1.54, 1.807) is 0 Å². The Kier molecular flexibility index (Phi) is 5.59. The molecule has 0 aromatic heterocycles. The van der Waals surface area contributed by atoms with E-state index in [1.165, 1.54) is 0 Å². The Morgan fingerprint density at radius 1 is 1.06 bits per heavy atom. The van der Waals surface area contributed by atoms with Crippen molar-refractivity contribution in [3.63, 3.8) is 0 Å². The normalized spacial score (nSPS) is 27.0. The Labute approximate surface area is 95.0 Å². The first-order valence-corrected chi connectivity index (χ1v) is 6.19. The van der Waals surface area contributed by atoms with Crippen molar-refractivity contribution in [3.8, 4) is 0 Å². The largest absolute Gasteiger partial charge is 0.396 e. The van der Waals surface area contributed by atoms with Gasteiger partial charge in [-0.2, -0.15) is 13.2 Å². The van der Waals surface area contributed by atoms with Gasteiger partial charge in [-0.25, -0.2) is 0 Å². The maximum absolute atomic E-state index is 12.1. The van der Waals surface area contributed by atoms with Crippen LogP contribution in [0, 0.1) is 11.8 Å². The van der Waals surface area contributed by atoms with Crippen LogP contribution in [0.25, 0.3) is 0 Å². The Balaban J connectivity index is 2.22. The summed E-state index contributed by atoms with van der Waals surface area (Å²) >= 11 is 0. The molecule has 1 rings (SSSR count). The molecule has 0 bridgehead atoms. The van der Waals surface area contributed by atoms with Crippen molar-refractivity contribution >= 4 is 0 Å². The van der Waals surface area contributed by atoms with Crippen LogP contribution >= 0.6 is 0 Å². The molecule has 0 heterocycles. The van der Waals surface area contributed by atoms with Crippen molar-refractivity contribution in [1.82, 2.24) is 0 Å². The van der Waals surface area contributed by atoms with Gasteiger partial charge in [0.1, 0.15) is 0 Å². The molecule has 0 aromatic carbocycles. The molecule has 1 aliphatic carbocycles. The Hall–Kier alpha value is -0.250. The summed E-state index contributed by atoms with van der Waals surface area (Å²) in [6.07, 6.45) is 1.47. The van der Waals surface area contributed by atoms with Crippen LogP contribution in [0.2, 0.25) is 0 Å². The lowest BCUT2D eigenvalue weighted by Crippen LogP contribution is -2.18. The summed E-state index contributed by atoms with van der Waals surface area (Å²) in [5, 5.41) is 8.72. The van der Waals surface area contributed by atoms with Gasteiger partial charge >= 0.3 is 6.18 Å². The van der Waals surface area contributed by atoms with Crippen LogP contribution in [0.3, 0.4) is 0 Å². The van der Waals surface area contributed by atoms with Crippen molar-refractivity contribution in [2.75, 3.05) is 6.61 Å². The third-order valence-electron chi connectivity index (χ3n) is 3.50. The van der Waals surface area contributed by atoms with Gasteiger partial charge < -0.3 is 5.11 Å². The monoisotopic (exact) mass is 238 g/mol. The summed E-state index contributed by atoms with van der Waals surface area (Å²) in [5.41, 5.74) is 0. The Bertz CT molecular complexity index is 191. The average molecular weight is 238 g/mol. The van der Waals surface area contributed by atoms with Gasteiger partial charge in [0.15, 0.2) is 0 Å². The average Bonchev–Trinajstić information content (AvgIpc) is 2.23. The highest BCUT2D eigenvalue weighted by Crippen LogP contribution is 2.36. The fourth-order valence-electron chi connectivity index (χ4n) is 2.67. The number of halogens is 3.